The van der Waals surface area contributed by atoms with E-state index < -0.39 is 0 Å². The van der Waals surface area contributed by atoms with Crippen LogP contribution in [-0.4, -0.2) is 47.5 Å². The summed E-state index contributed by atoms with van der Waals surface area (Å²) < 4.78 is 0. The lowest BCUT2D eigenvalue weighted by molar-refractivity contribution is 0.205. The molecular weight excluding hydrogens is 360 g/mol. The summed E-state index contributed by atoms with van der Waals surface area (Å²) in [6.45, 7) is 3.67. The first-order valence-electron chi connectivity index (χ1n) is 10.9. The fraction of sp³-hybridized carbons (Fsp3) is 0.522. The number of fused-ring (bicyclic) bond motifs is 1. The van der Waals surface area contributed by atoms with Crippen LogP contribution in [0.25, 0.3) is 0 Å². The highest BCUT2D eigenvalue weighted by Crippen LogP contribution is 2.32. The van der Waals surface area contributed by atoms with E-state index in [4.69, 9.17) is 9.97 Å². The van der Waals surface area contributed by atoms with Crippen molar-refractivity contribution in [1.29, 1.82) is 0 Å². The van der Waals surface area contributed by atoms with E-state index in [1.165, 1.54) is 35.4 Å². The molecule has 29 heavy (non-hydrogen) atoms. The average molecular weight is 393 g/mol. The number of hydrogen-bond acceptors (Lipinski definition) is 6. The summed E-state index contributed by atoms with van der Waals surface area (Å²) in [7, 11) is 2.21. The molecule has 1 unspecified atom stereocenters. The second-order valence-electron chi connectivity index (χ2n) is 8.02. The molecular formula is C23H32N6. The van der Waals surface area contributed by atoms with Gasteiger partial charge in [-0.3, -0.25) is 19.9 Å². The Kier molecular flexibility index (Phi) is 6.72. The first kappa shape index (κ1) is 19.8. The number of nitrogens with one attached hydrogen (secondary N) is 2. The zero-order chi connectivity index (χ0) is 19.9. The monoisotopic (exact) mass is 392 g/mol. The molecule has 0 saturated heterocycles. The van der Waals surface area contributed by atoms with Gasteiger partial charge in [-0.2, -0.15) is 0 Å². The Balaban J connectivity index is 1.32. The Hall–Kier alpha value is -2.47. The molecule has 3 heterocycles. The summed E-state index contributed by atoms with van der Waals surface area (Å²) in [4.78, 5) is 16.2. The number of guanidine groups is 1. The molecule has 0 aromatic carbocycles. The maximum atomic E-state index is 4.72. The third-order valence-corrected chi connectivity index (χ3v) is 5.92. The van der Waals surface area contributed by atoms with Crippen LogP contribution in [-0.2, 0) is 19.4 Å². The number of hydrogen-bond donors (Lipinski definition) is 2. The van der Waals surface area contributed by atoms with Crippen LogP contribution in [0.5, 0.6) is 0 Å². The number of nitrogens with zero attached hydrogens (tertiary/aromatic N) is 4. The van der Waals surface area contributed by atoms with Crippen molar-refractivity contribution in [2.45, 2.75) is 51.1 Å². The molecule has 6 heteroatoms. The van der Waals surface area contributed by atoms with Gasteiger partial charge >= 0.3 is 0 Å². The van der Waals surface area contributed by atoms with E-state index in [9.17, 15) is 0 Å². The predicted octanol–water partition coefficient (Wildman–Crippen LogP) is 2.86. The second-order valence-corrected chi connectivity index (χ2v) is 8.02. The quantitative estimate of drug-likeness (QED) is 0.677. The number of aliphatic imine (C=N–C) groups is 1. The topological polar surface area (TPSA) is 65.4 Å². The molecule has 2 aromatic rings. The average Bonchev–Trinajstić information content (AvgIpc) is 3.28. The van der Waals surface area contributed by atoms with Gasteiger partial charge < -0.3 is 10.6 Å². The fourth-order valence-electron chi connectivity index (χ4n) is 4.37. The maximum absolute atomic E-state index is 4.72. The molecule has 1 aliphatic carbocycles. The maximum Gasteiger partial charge on any atom is 0.191 e. The molecule has 2 aliphatic rings. The van der Waals surface area contributed by atoms with Gasteiger partial charge in [-0.25, -0.2) is 0 Å². The first-order valence-corrected chi connectivity index (χ1v) is 10.9. The second kappa shape index (κ2) is 9.83. The van der Waals surface area contributed by atoms with Gasteiger partial charge in [0.15, 0.2) is 5.96 Å². The number of pyridine rings is 2. The van der Waals surface area contributed by atoms with Crippen LogP contribution in [0.2, 0.25) is 0 Å². The van der Waals surface area contributed by atoms with Crippen molar-refractivity contribution >= 4 is 5.96 Å². The summed E-state index contributed by atoms with van der Waals surface area (Å²) in [5.41, 5.74) is 5.24. The predicted molar refractivity (Wildman–Crippen MR) is 117 cm³/mol. The normalized spacial score (nSPS) is 18.3. The zero-order valence-electron chi connectivity index (χ0n) is 17.4. The largest absolute Gasteiger partial charge is 0.356 e. The summed E-state index contributed by atoms with van der Waals surface area (Å²) in [5, 5.41) is 6.63. The van der Waals surface area contributed by atoms with Crippen LogP contribution in [0.3, 0.4) is 0 Å². The van der Waals surface area contributed by atoms with E-state index in [0.29, 0.717) is 6.04 Å². The minimum Gasteiger partial charge on any atom is -0.356 e. The lowest BCUT2D eigenvalue weighted by atomic mass is 9.91. The van der Waals surface area contributed by atoms with Crippen LogP contribution >= 0.6 is 0 Å². The third-order valence-electron chi connectivity index (χ3n) is 5.92. The third kappa shape index (κ3) is 5.12. The van der Waals surface area contributed by atoms with E-state index in [0.717, 1.165) is 57.8 Å². The molecule has 4 rings (SSSR count). The summed E-state index contributed by atoms with van der Waals surface area (Å²) in [5.74, 6) is 0.954. The van der Waals surface area contributed by atoms with Crippen molar-refractivity contribution in [1.82, 2.24) is 25.5 Å². The van der Waals surface area contributed by atoms with E-state index in [1.54, 1.807) is 0 Å². The van der Waals surface area contributed by atoms with E-state index in [-0.39, 0.29) is 0 Å². The number of rotatable bonds is 8. The van der Waals surface area contributed by atoms with Crippen LogP contribution in [0.4, 0.5) is 0 Å². The van der Waals surface area contributed by atoms with Gasteiger partial charge in [-0.05, 0) is 68.8 Å². The Bertz CT molecular complexity index is 834. The molecule has 0 saturated carbocycles. The molecule has 1 atom stereocenters. The van der Waals surface area contributed by atoms with Crippen molar-refractivity contribution in [3.8, 4) is 0 Å². The summed E-state index contributed by atoms with van der Waals surface area (Å²) >= 11 is 0. The number of unbranched alkanes of at least 4 members (excludes halogenated alkanes) is 1. The molecule has 0 amide bonds. The number of aryl methyl sites for hydroxylation is 2. The summed E-state index contributed by atoms with van der Waals surface area (Å²) in [6, 6.07) is 8.97. The van der Waals surface area contributed by atoms with Gasteiger partial charge in [0, 0.05) is 32.0 Å². The van der Waals surface area contributed by atoms with Crippen LogP contribution in [0.15, 0.2) is 41.7 Å². The fourth-order valence-corrected chi connectivity index (χ4v) is 4.37. The van der Waals surface area contributed by atoms with Crippen molar-refractivity contribution < 1.29 is 0 Å². The molecule has 6 nitrogen and oxygen atoms in total. The van der Waals surface area contributed by atoms with E-state index in [1.807, 2.05) is 12.4 Å². The lowest BCUT2D eigenvalue weighted by Crippen LogP contribution is -2.34. The highest BCUT2D eigenvalue weighted by atomic mass is 15.2. The zero-order valence-corrected chi connectivity index (χ0v) is 17.4. The van der Waals surface area contributed by atoms with Gasteiger partial charge in [-0.1, -0.05) is 12.1 Å². The van der Waals surface area contributed by atoms with Crippen LogP contribution < -0.4 is 10.6 Å². The number of aromatic nitrogens is 2. The van der Waals surface area contributed by atoms with Crippen molar-refractivity contribution in [3.05, 3.63) is 59.2 Å². The van der Waals surface area contributed by atoms with Gasteiger partial charge in [0.2, 0.25) is 0 Å². The standard InChI is InChI=1S/C23H32N6/c1-29(21-11-4-8-19-10-6-14-25-22(19)21)17-20-18(9-5-13-24-20)7-2-3-12-26-23-27-15-16-28-23/h5-6,9-10,13-14,21H,2-4,7-8,11-12,15-17H2,1H3,(H2,26,27,28). The molecule has 0 spiro atoms. The molecule has 154 valence electrons. The molecule has 2 N–H and O–H groups in total. The Morgan fingerprint density at radius 1 is 1.17 bits per heavy atom. The van der Waals surface area contributed by atoms with Crippen molar-refractivity contribution in [2.24, 2.45) is 4.99 Å². The smallest absolute Gasteiger partial charge is 0.191 e. The molecule has 0 bridgehead atoms. The van der Waals surface area contributed by atoms with Crippen LogP contribution in [0.1, 0.15) is 54.2 Å². The Labute approximate surface area is 173 Å². The minimum absolute atomic E-state index is 0.388. The SMILES string of the molecule is CN(Cc1ncccc1CCCCNC1=NCCN1)C1CCCc2cccnc21. The molecule has 0 radical (unpaired) electrons. The van der Waals surface area contributed by atoms with Crippen molar-refractivity contribution in [2.75, 3.05) is 26.7 Å². The molecule has 2 aromatic heterocycles. The Morgan fingerprint density at radius 2 is 2.07 bits per heavy atom. The first-order chi connectivity index (χ1) is 14.3. The molecule has 1 aliphatic heterocycles. The van der Waals surface area contributed by atoms with Gasteiger partial charge in [0.25, 0.3) is 0 Å². The highest BCUT2D eigenvalue weighted by molar-refractivity contribution is 5.81. The van der Waals surface area contributed by atoms with Crippen LogP contribution in [0, 0.1) is 0 Å². The lowest BCUT2D eigenvalue weighted by Gasteiger charge is -2.32. The molecule has 0 fully saturated rings. The van der Waals surface area contributed by atoms with Crippen molar-refractivity contribution in [3.63, 3.8) is 0 Å². The van der Waals surface area contributed by atoms with Gasteiger partial charge in [0.05, 0.1) is 24.0 Å². The van der Waals surface area contributed by atoms with E-state index in [2.05, 4.69) is 51.8 Å². The minimum atomic E-state index is 0.388. The van der Waals surface area contributed by atoms with E-state index >= 15 is 0 Å². The van der Waals surface area contributed by atoms with Gasteiger partial charge in [0.1, 0.15) is 0 Å². The summed E-state index contributed by atoms with van der Waals surface area (Å²) in [6.07, 6.45) is 10.8. The Morgan fingerprint density at radius 3 is 2.97 bits per heavy atom. The highest BCUT2D eigenvalue weighted by Gasteiger charge is 2.25. The van der Waals surface area contributed by atoms with Gasteiger partial charge in [-0.15, -0.1) is 0 Å².